The zero-order valence-corrected chi connectivity index (χ0v) is 18.6. The number of thioether (sulfide) groups is 1. The standard InChI is InChI=1S/C26H34O2S/c1-3-19(2)20-13-15-22(16-14-20)28-26(27-21-9-5-4-6-10-21)24-17-18-29-25-12-8-7-11-23(24)25/h7-8,11-16,19,21,24,26H,3-6,9-10,17-18H2,1-2H3. The van der Waals surface area contributed by atoms with E-state index in [2.05, 4.69) is 62.4 Å². The summed E-state index contributed by atoms with van der Waals surface area (Å²) in [5.41, 5.74) is 2.77. The first-order chi connectivity index (χ1) is 14.2. The van der Waals surface area contributed by atoms with Gasteiger partial charge in [0.2, 0.25) is 6.29 Å². The monoisotopic (exact) mass is 410 g/mol. The van der Waals surface area contributed by atoms with Gasteiger partial charge in [-0.3, -0.25) is 0 Å². The number of hydrogen-bond donors (Lipinski definition) is 0. The summed E-state index contributed by atoms with van der Waals surface area (Å²) in [6.07, 6.45) is 8.59. The van der Waals surface area contributed by atoms with Gasteiger partial charge in [-0.2, -0.15) is 0 Å². The van der Waals surface area contributed by atoms with Gasteiger partial charge in [-0.15, -0.1) is 11.8 Å². The molecule has 1 heterocycles. The van der Waals surface area contributed by atoms with Crippen LogP contribution in [0, 0.1) is 0 Å². The fraction of sp³-hybridized carbons (Fsp3) is 0.538. The highest BCUT2D eigenvalue weighted by Crippen LogP contribution is 2.41. The molecule has 0 radical (unpaired) electrons. The highest BCUT2D eigenvalue weighted by molar-refractivity contribution is 7.99. The van der Waals surface area contributed by atoms with Crippen LogP contribution in [0.4, 0.5) is 0 Å². The van der Waals surface area contributed by atoms with Crippen LogP contribution in [0.15, 0.2) is 53.4 Å². The Morgan fingerprint density at radius 1 is 0.966 bits per heavy atom. The number of rotatable bonds is 7. The van der Waals surface area contributed by atoms with Crippen molar-refractivity contribution in [3.05, 3.63) is 59.7 Å². The molecule has 0 amide bonds. The normalized spacial score (nSPS) is 21.9. The number of benzene rings is 2. The summed E-state index contributed by atoms with van der Waals surface area (Å²) in [5.74, 6) is 2.93. The Bertz CT molecular complexity index is 767. The Kier molecular flexibility index (Phi) is 7.20. The van der Waals surface area contributed by atoms with Crippen LogP contribution in [0.2, 0.25) is 0 Å². The van der Waals surface area contributed by atoms with Gasteiger partial charge in [0.1, 0.15) is 5.75 Å². The minimum absolute atomic E-state index is 0.213. The first-order valence-corrected chi connectivity index (χ1v) is 12.4. The number of fused-ring (bicyclic) bond motifs is 1. The van der Waals surface area contributed by atoms with Crippen molar-refractivity contribution in [1.29, 1.82) is 0 Å². The molecular formula is C26H34O2S. The zero-order valence-electron chi connectivity index (χ0n) is 17.8. The first-order valence-electron chi connectivity index (χ1n) is 11.4. The van der Waals surface area contributed by atoms with Crippen molar-refractivity contribution in [3.8, 4) is 5.75 Å². The molecular weight excluding hydrogens is 376 g/mol. The molecule has 0 spiro atoms. The minimum atomic E-state index is -0.213. The van der Waals surface area contributed by atoms with Crippen molar-refractivity contribution in [2.45, 2.75) is 87.9 Å². The molecule has 2 aromatic carbocycles. The van der Waals surface area contributed by atoms with Crippen molar-refractivity contribution >= 4 is 11.8 Å². The summed E-state index contributed by atoms with van der Waals surface area (Å²) in [4.78, 5) is 1.39. The molecule has 3 heteroatoms. The van der Waals surface area contributed by atoms with E-state index in [1.165, 1.54) is 35.3 Å². The summed E-state index contributed by atoms with van der Waals surface area (Å²) in [6, 6.07) is 17.5. The van der Waals surface area contributed by atoms with Crippen LogP contribution in [0.25, 0.3) is 0 Å². The van der Waals surface area contributed by atoms with Gasteiger partial charge in [0.15, 0.2) is 0 Å². The lowest BCUT2D eigenvalue weighted by Gasteiger charge is -2.35. The second-order valence-corrected chi connectivity index (χ2v) is 9.68. The Labute approximate surface area is 180 Å². The van der Waals surface area contributed by atoms with Gasteiger partial charge in [0.05, 0.1) is 6.10 Å². The highest BCUT2D eigenvalue weighted by Gasteiger charge is 2.33. The van der Waals surface area contributed by atoms with Crippen molar-refractivity contribution in [2.24, 2.45) is 0 Å². The molecule has 2 nitrogen and oxygen atoms in total. The Morgan fingerprint density at radius 3 is 2.48 bits per heavy atom. The Balaban J connectivity index is 1.55. The van der Waals surface area contributed by atoms with Crippen molar-refractivity contribution in [1.82, 2.24) is 0 Å². The molecule has 4 rings (SSSR count). The van der Waals surface area contributed by atoms with E-state index in [0.29, 0.717) is 17.9 Å². The topological polar surface area (TPSA) is 18.5 Å². The SMILES string of the molecule is CCC(C)c1ccc(OC(OC2CCCCC2)C2CCSc3ccccc32)cc1. The molecule has 1 aliphatic heterocycles. The third-order valence-corrected chi connectivity index (χ3v) is 7.65. The summed E-state index contributed by atoms with van der Waals surface area (Å²) in [6.45, 7) is 4.52. The van der Waals surface area contributed by atoms with Gasteiger partial charge in [0, 0.05) is 10.8 Å². The molecule has 0 aromatic heterocycles. The smallest absolute Gasteiger partial charge is 0.207 e. The predicted octanol–water partition coefficient (Wildman–Crippen LogP) is 7.53. The van der Waals surface area contributed by atoms with Crippen LogP contribution in [0.5, 0.6) is 5.75 Å². The van der Waals surface area contributed by atoms with E-state index in [1.807, 2.05) is 11.8 Å². The van der Waals surface area contributed by atoms with Gasteiger partial charge < -0.3 is 9.47 Å². The third-order valence-electron chi connectivity index (χ3n) is 6.53. The van der Waals surface area contributed by atoms with Gasteiger partial charge in [-0.1, -0.05) is 63.4 Å². The maximum Gasteiger partial charge on any atom is 0.207 e. The fourth-order valence-corrected chi connectivity index (χ4v) is 5.65. The second kappa shape index (κ2) is 10.0. The zero-order chi connectivity index (χ0) is 20.1. The molecule has 156 valence electrons. The third kappa shape index (κ3) is 5.19. The highest BCUT2D eigenvalue weighted by atomic mass is 32.2. The predicted molar refractivity (Wildman–Crippen MR) is 122 cm³/mol. The molecule has 2 aliphatic rings. The van der Waals surface area contributed by atoms with Crippen LogP contribution >= 0.6 is 11.8 Å². The second-order valence-electron chi connectivity index (χ2n) is 8.54. The molecule has 2 aromatic rings. The molecule has 0 bridgehead atoms. The molecule has 3 atom stereocenters. The number of hydrogen-bond acceptors (Lipinski definition) is 3. The summed E-state index contributed by atoms with van der Waals surface area (Å²) >= 11 is 1.96. The Hall–Kier alpha value is -1.45. The van der Waals surface area contributed by atoms with Gasteiger partial charge in [0.25, 0.3) is 0 Å². The maximum absolute atomic E-state index is 6.66. The van der Waals surface area contributed by atoms with Gasteiger partial charge in [-0.25, -0.2) is 0 Å². The molecule has 3 unspecified atom stereocenters. The number of ether oxygens (including phenoxy) is 2. The van der Waals surface area contributed by atoms with E-state index < -0.39 is 0 Å². The van der Waals surface area contributed by atoms with Gasteiger partial charge >= 0.3 is 0 Å². The van der Waals surface area contributed by atoms with E-state index in [4.69, 9.17) is 9.47 Å². The molecule has 1 aliphatic carbocycles. The lowest BCUT2D eigenvalue weighted by atomic mass is 9.93. The van der Waals surface area contributed by atoms with Crippen LogP contribution in [-0.4, -0.2) is 18.1 Å². The van der Waals surface area contributed by atoms with Crippen LogP contribution in [0.1, 0.15) is 81.8 Å². The summed E-state index contributed by atoms with van der Waals surface area (Å²) in [7, 11) is 0. The summed E-state index contributed by atoms with van der Waals surface area (Å²) < 4.78 is 13.2. The first kappa shape index (κ1) is 20.8. The minimum Gasteiger partial charge on any atom is -0.464 e. The Morgan fingerprint density at radius 2 is 1.72 bits per heavy atom. The lowest BCUT2D eigenvalue weighted by Crippen LogP contribution is -2.35. The van der Waals surface area contributed by atoms with Crippen molar-refractivity contribution in [2.75, 3.05) is 5.75 Å². The molecule has 29 heavy (non-hydrogen) atoms. The molecule has 0 N–H and O–H groups in total. The lowest BCUT2D eigenvalue weighted by molar-refractivity contribution is -0.142. The van der Waals surface area contributed by atoms with Crippen molar-refractivity contribution in [3.63, 3.8) is 0 Å². The van der Waals surface area contributed by atoms with E-state index in [1.54, 1.807) is 0 Å². The van der Waals surface area contributed by atoms with Crippen LogP contribution in [-0.2, 0) is 4.74 Å². The average Bonchev–Trinajstić information content (AvgIpc) is 2.79. The van der Waals surface area contributed by atoms with Gasteiger partial charge in [-0.05, 0) is 66.7 Å². The average molecular weight is 411 g/mol. The quantitative estimate of drug-likeness (QED) is 0.439. The van der Waals surface area contributed by atoms with Crippen LogP contribution < -0.4 is 4.74 Å². The molecule has 1 saturated carbocycles. The van der Waals surface area contributed by atoms with E-state index in [9.17, 15) is 0 Å². The van der Waals surface area contributed by atoms with Crippen LogP contribution in [0.3, 0.4) is 0 Å². The van der Waals surface area contributed by atoms with E-state index >= 15 is 0 Å². The van der Waals surface area contributed by atoms with E-state index in [0.717, 1.165) is 37.2 Å². The summed E-state index contributed by atoms with van der Waals surface area (Å²) in [5, 5.41) is 0. The molecule has 1 fully saturated rings. The largest absolute Gasteiger partial charge is 0.464 e. The van der Waals surface area contributed by atoms with Crippen molar-refractivity contribution < 1.29 is 9.47 Å². The maximum atomic E-state index is 6.66. The molecule has 0 saturated heterocycles. The fourth-order valence-electron chi connectivity index (χ4n) is 4.49. The van der Waals surface area contributed by atoms with E-state index in [-0.39, 0.29) is 6.29 Å².